The molecular formula is C11H11ClF2O. The molecule has 0 saturated heterocycles. The van der Waals surface area contributed by atoms with E-state index in [0.717, 1.165) is 0 Å². The predicted molar refractivity (Wildman–Crippen MR) is 55.9 cm³/mol. The van der Waals surface area contributed by atoms with Crippen molar-refractivity contribution >= 4 is 17.4 Å². The van der Waals surface area contributed by atoms with Crippen LogP contribution in [0.3, 0.4) is 0 Å². The van der Waals surface area contributed by atoms with E-state index in [-0.39, 0.29) is 12.2 Å². The van der Waals surface area contributed by atoms with Crippen LogP contribution >= 0.6 is 11.6 Å². The second-order valence-electron chi connectivity index (χ2n) is 3.19. The van der Waals surface area contributed by atoms with Gasteiger partial charge in [0.2, 0.25) is 0 Å². The number of hydrogen-bond acceptors (Lipinski definition) is 1. The minimum atomic E-state index is -1.67. The van der Waals surface area contributed by atoms with Gasteiger partial charge in [0.15, 0.2) is 5.78 Å². The monoisotopic (exact) mass is 232 g/mol. The number of carbonyl (C=O) groups is 1. The molecule has 4 heteroatoms. The highest BCUT2D eigenvalue weighted by Gasteiger charge is 2.21. The van der Waals surface area contributed by atoms with E-state index in [2.05, 4.69) is 0 Å². The van der Waals surface area contributed by atoms with Crippen molar-refractivity contribution < 1.29 is 13.6 Å². The normalized spacial score (nSPS) is 14.6. The van der Waals surface area contributed by atoms with Gasteiger partial charge in [-0.2, -0.15) is 0 Å². The number of Topliss-reactive ketones (excluding diaryl/α,β-unsaturated/α-hetero) is 1. The van der Waals surface area contributed by atoms with Crippen LogP contribution in [0.15, 0.2) is 30.3 Å². The molecule has 0 spiro atoms. The molecule has 2 unspecified atom stereocenters. The standard InChI is InChI=1S/C11H11ClF2O/c12-10(6-9(14)7-13)11(15)8-4-2-1-3-5-8/h1-5,9-10H,6-7H2. The summed E-state index contributed by atoms with van der Waals surface area (Å²) in [5.74, 6) is -0.367. The van der Waals surface area contributed by atoms with Gasteiger partial charge in [0.1, 0.15) is 12.8 Å². The van der Waals surface area contributed by atoms with Gasteiger partial charge in [-0.1, -0.05) is 30.3 Å². The maximum atomic E-state index is 12.6. The lowest BCUT2D eigenvalue weighted by Crippen LogP contribution is -2.20. The first-order valence-electron chi connectivity index (χ1n) is 4.58. The molecule has 1 aromatic rings. The largest absolute Gasteiger partial charge is 0.293 e. The van der Waals surface area contributed by atoms with Crippen LogP contribution in [0.1, 0.15) is 16.8 Å². The Morgan fingerprint density at radius 3 is 2.47 bits per heavy atom. The average Bonchev–Trinajstić information content (AvgIpc) is 2.29. The van der Waals surface area contributed by atoms with Gasteiger partial charge >= 0.3 is 0 Å². The van der Waals surface area contributed by atoms with Crippen molar-refractivity contribution in [2.24, 2.45) is 0 Å². The maximum absolute atomic E-state index is 12.6. The summed E-state index contributed by atoms with van der Waals surface area (Å²) in [5.41, 5.74) is 0.420. The quantitative estimate of drug-likeness (QED) is 0.563. The van der Waals surface area contributed by atoms with Crippen molar-refractivity contribution in [3.05, 3.63) is 35.9 Å². The van der Waals surface area contributed by atoms with E-state index in [1.54, 1.807) is 30.3 Å². The molecule has 0 amide bonds. The fourth-order valence-electron chi connectivity index (χ4n) is 1.18. The van der Waals surface area contributed by atoms with Gasteiger partial charge in [0, 0.05) is 12.0 Å². The number of alkyl halides is 3. The SMILES string of the molecule is O=C(c1ccccc1)C(Cl)CC(F)CF. The van der Waals surface area contributed by atoms with Gasteiger partial charge in [-0.05, 0) is 0 Å². The molecule has 0 fully saturated rings. The smallest absolute Gasteiger partial charge is 0.180 e. The van der Waals surface area contributed by atoms with E-state index >= 15 is 0 Å². The summed E-state index contributed by atoms with van der Waals surface area (Å²) < 4.78 is 24.5. The van der Waals surface area contributed by atoms with Crippen molar-refractivity contribution in [2.45, 2.75) is 18.0 Å². The van der Waals surface area contributed by atoms with Crippen molar-refractivity contribution in [1.29, 1.82) is 0 Å². The molecule has 0 N–H and O–H groups in total. The number of halogens is 3. The summed E-state index contributed by atoms with van der Waals surface area (Å²) >= 11 is 5.68. The second-order valence-corrected chi connectivity index (χ2v) is 3.71. The van der Waals surface area contributed by atoms with Crippen LogP contribution in [0.5, 0.6) is 0 Å². The average molecular weight is 233 g/mol. The molecule has 2 atom stereocenters. The van der Waals surface area contributed by atoms with Crippen molar-refractivity contribution in [3.63, 3.8) is 0 Å². The molecule has 0 heterocycles. The van der Waals surface area contributed by atoms with Crippen LogP contribution < -0.4 is 0 Å². The molecule has 0 aromatic heterocycles. The molecule has 15 heavy (non-hydrogen) atoms. The van der Waals surface area contributed by atoms with Gasteiger partial charge < -0.3 is 0 Å². The first-order chi connectivity index (χ1) is 7.15. The highest BCUT2D eigenvalue weighted by Crippen LogP contribution is 2.15. The summed E-state index contributed by atoms with van der Waals surface area (Å²) in [5, 5.41) is -1.00. The van der Waals surface area contributed by atoms with E-state index in [9.17, 15) is 13.6 Å². The highest BCUT2D eigenvalue weighted by atomic mass is 35.5. The number of benzene rings is 1. The van der Waals surface area contributed by atoms with Crippen LogP contribution in [0.2, 0.25) is 0 Å². The highest BCUT2D eigenvalue weighted by molar-refractivity contribution is 6.33. The van der Waals surface area contributed by atoms with E-state index in [0.29, 0.717) is 5.56 Å². The number of rotatable bonds is 5. The summed E-state index contributed by atoms with van der Waals surface area (Å²) in [6.07, 6.45) is -1.95. The molecular weight excluding hydrogens is 222 g/mol. The second kappa shape index (κ2) is 5.81. The molecule has 0 aliphatic carbocycles. The molecule has 0 aliphatic rings. The summed E-state index contributed by atoms with van der Waals surface area (Å²) in [7, 11) is 0. The van der Waals surface area contributed by atoms with E-state index in [4.69, 9.17) is 11.6 Å². The summed E-state index contributed by atoms with van der Waals surface area (Å²) in [4.78, 5) is 11.6. The van der Waals surface area contributed by atoms with Crippen molar-refractivity contribution in [3.8, 4) is 0 Å². The molecule has 0 aliphatic heterocycles. The third-order valence-electron chi connectivity index (χ3n) is 1.97. The first-order valence-corrected chi connectivity index (χ1v) is 5.02. The van der Waals surface area contributed by atoms with E-state index in [1.165, 1.54) is 0 Å². The Kier molecular flexibility index (Phi) is 4.69. The van der Waals surface area contributed by atoms with Crippen LogP contribution in [0, 0.1) is 0 Å². The van der Waals surface area contributed by atoms with Gasteiger partial charge in [-0.3, -0.25) is 4.79 Å². The Morgan fingerprint density at radius 1 is 1.33 bits per heavy atom. The minimum absolute atomic E-state index is 0.286. The Bertz CT molecular complexity index is 316. The zero-order valence-electron chi connectivity index (χ0n) is 8.00. The molecule has 1 rings (SSSR count). The lowest BCUT2D eigenvalue weighted by atomic mass is 10.0. The number of hydrogen-bond donors (Lipinski definition) is 0. The molecule has 0 radical (unpaired) electrons. The van der Waals surface area contributed by atoms with E-state index < -0.39 is 18.2 Å². The summed E-state index contributed by atoms with van der Waals surface area (Å²) in [6.45, 7) is -1.11. The lowest BCUT2D eigenvalue weighted by Gasteiger charge is -2.09. The molecule has 82 valence electrons. The molecule has 0 saturated carbocycles. The molecule has 1 aromatic carbocycles. The van der Waals surface area contributed by atoms with Crippen molar-refractivity contribution in [2.75, 3.05) is 6.67 Å². The van der Waals surface area contributed by atoms with Gasteiger partial charge in [0.05, 0.1) is 5.38 Å². The van der Waals surface area contributed by atoms with Gasteiger partial charge in [0.25, 0.3) is 0 Å². The Hall–Kier alpha value is -0.960. The maximum Gasteiger partial charge on any atom is 0.180 e. The third-order valence-corrected chi connectivity index (χ3v) is 2.35. The minimum Gasteiger partial charge on any atom is -0.293 e. The zero-order chi connectivity index (χ0) is 11.3. The third kappa shape index (κ3) is 3.59. The van der Waals surface area contributed by atoms with Crippen LogP contribution in [0.4, 0.5) is 8.78 Å². The fourth-order valence-corrected chi connectivity index (χ4v) is 1.50. The van der Waals surface area contributed by atoms with Crippen molar-refractivity contribution in [1.82, 2.24) is 0 Å². The fraction of sp³-hybridized carbons (Fsp3) is 0.364. The summed E-state index contributed by atoms with van der Waals surface area (Å²) in [6, 6.07) is 8.35. The Labute approximate surface area is 92.1 Å². The Balaban J connectivity index is 2.61. The van der Waals surface area contributed by atoms with Crippen LogP contribution in [-0.2, 0) is 0 Å². The van der Waals surface area contributed by atoms with Crippen LogP contribution in [-0.4, -0.2) is 24.0 Å². The lowest BCUT2D eigenvalue weighted by molar-refractivity contribution is 0.0969. The predicted octanol–water partition coefficient (Wildman–Crippen LogP) is 3.17. The molecule has 1 nitrogen and oxygen atoms in total. The zero-order valence-corrected chi connectivity index (χ0v) is 8.75. The van der Waals surface area contributed by atoms with Gasteiger partial charge in [-0.25, -0.2) is 8.78 Å². The van der Waals surface area contributed by atoms with Gasteiger partial charge in [-0.15, -0.1) is 11.6 Å². The molecule has 0 bridgehead atoms. The first kappa shape index (κ1) is 12.1. The number of ketones is 1. The Morgan fingerprint density at radius 2 is 1.93 bits per heavy atom. The van der Waals surface area contributed by atoms with E-state index in [1.807, 2.05) is 0 Å². The number of carbonyl (C=O) groups excluding carboxylic acids is 1. The topological polar surface area (TPSA) is 17.1 Å². The van der Waals surface area contributed by atoms with Crippen LogP contribution in [0.25, 0.3) is 0 Å².